The van der Waals surface area contributed by atoms with Crippen LogP contribution >= 0.6 is 44.8 Å². The molecule has 0 spiro atoms. The molecule has 4 nitrogen and oxygen atoms in total. The number of anilines is 2. The van der Waals surface area contributed by atoms with Gasteiger partial charge in [0, 0.05) is 98.4 Å². The largest absolute Gasteiger partial charge is 0.369 e. The molecule has 2 fully saturated rings. The molecule has 2 saturated heterocycles. The van der Waals surface area contributed by atoms with Gasteiger partial charge in [0.1, 0.15) is 0 Å². The lowest BCUT2D eigenvalue weighted by Gasteiger charge is -2.36. The van der Waals surface area contributed by atoms with Crippen molar-refractivity contribution in [3.05, 3.63) is 58.6 Å². The molecule has 2 aliphatic heterocycles. The highest BCUT2D eigenvalue weighted by Crippen LogP contribution is 2.24. The molecule has 0 unspecified atom stereocenters. The van der Waals surface area contributed by atoms with Crippen molar-refractivity contribution in [3.8, 4) is 0 Å². The summed E-state index contributed by atoms with van der Waals surface area (Å²) in [6.45, 7) is 11.3. The van der Waals surface area contributed by atoms with Crippen molar-refractivity contribution in [1.29, 1.82) is 0 Å². The van der Waals surface area contributed by atoms with E-state index in [1.807, 2.05) is 45.9 Å². The fourth-order valence-corrected chi connectivity index (χ4v) is 6.52. The van der Waals surface area contributed by atoms with Crippen molar-refractivity contribution in [2.24, 2.45) is 0 Å². The average molecular weight is 512 g/mol. The number of rotatable bonds is 9. The Morgan fingerprint density at radius 3 is 1.22 bits per heavy atom. The van der Waals surface area contributed by atoms with Gasteiger partial charge in [-0.2, -0.15) is 0 Å². The van der Waals surface area contributed by atoms with Crippen molar-refractivity contribution < 1.29 is 0 Å². The average Bonchev–Trinajstić information content (AvgIpc) is 2.83. The lowest BCUT2D eigenvalue weighted by atomic mass is 10.2. The van der Waals surface area contributed by atoms with Crippen molar-refractivity contribution in [1.82, 2.24) is 9.80 Å². The van der Waals surface area contributed by atoms with Crippen molar-refractivity contribution in [3.63, 3.8) is 0 Å². The van der Waals surface area contributed by atoms with Gasteiger partial charge in [0.15, 0.2) is 0 Å². The fraction of sp³-hybridized carbons (Fsp3) is 0.500. The molecule has 0 N–H and O–H groups in total. The van der Waals surface area contributed by atoms with E-state index in [2.05, 4.69) is 43.9 Å². The summed E-state index contributed by atoms with van der Waals surface area (Å²) in [5.74, 6) is 2.41. The second kappa shape index (κ2) is 12.6. The molecule has 32 heavy (non-hydrogen) atoms. The van der Waals surface area contributed by atoms with Gasteiger partial charge in [-0.25, -0.2) is 0 Å². The molecule has 0 bridgehead atoms. The number of nitrogens with zero attached hydrogens (tertiary/aromatic N) is 4. The summed E-state index contributed by atoms with van der Waals surface area (Å²) in [4.78, 5) is 10.1. The summed E-state index contributed by atoms with van der Waals surface area (Å²) in [5, 5.41) is 1.62. The molecule has 2 heterocycles. The number of hydrogen-bond donors (Lipinski definition) is 0. The lowest BCUT2D eigenvalue weighted by Crippen LogP contribution is -2.47. The molecule has 2 aromatic rings. The Hall–Kier alpha value is -0.760. The maximum atomic E-state index is 6.01. The highest BCUT2D eigenvalue weighted by atomic mass is 35.5. The van der Waals surface area contributed by atoms with E-state index >= 15 is 0 Å². The van der Waals surface area contributed by atoms with Gasteiger partial charge in [-0.15, -0.1) is 0 Å². The molecule has 0 aromatic heterocycles. The molecule has 8 heteroatoms. The van der Waals surface area contributed by atoms with E-state index in [1.165, 1.54) is 36.0 Å². The lowest BCUT2D eigenvalue weighted by molar-refractivity contribution is 0.273. The smallest absolute Gasteiger partial charge is 0.0407 e. The maximum Gasteiger partial charge on any atom is 0.0407 e. The van der Waals surface area contributed by atoms with Crippen LogP contribution in [0.5, 0.6) is 0 Å². The standard InChI is InChI=1S/C24H32Cl2N4S2/c25-21-1-5-23(6-2-21)29-13-9-27(10-14-29)17-19-31-32-20-18-28-11-15-30(16-12-28)24-7-3-22(26)4-8-24/h1-8H,9-20H2. The summed E-state index contributed by atoms with van der Waals surface area (Å²) in [6.07, 6.45) is 0. The normalized spacial score (nSPS) is 18.3. The Bertz CT molecular complexity index is 736. The Labute approximate surface area is 210 Å². The fourth-order valence-electron chi connectivity index (χ4n) is 4.21. The predicted octanol–water partition coefficient (Wildman–Crippen LogP) is 5.32. The van der Waals surface area contributed by atoms with Crippen molar-refractivity contribution in [2.75, 3.05) is 86.8 Å². The molecular weight excluding hydrogens is 479 g/mol. The van der Waals surface area contributed by atoms with E-state index in [9.17, 15) is 0 Å². The van der Waals surface area contributed by atoms with Crippen LogP contribution in [0.15, 0.2) is 48.5 Å². The van der Waals surface area contributed by atoms with Gasteiger partial charge in [-0.05, 0) is 48.5 Å². The zero-order valence-electron chi connectivity index (χ0n) is 18.5. The highest BCUT2D eigenvalue weighted by Gasteiger charge is 2.18. The molecule has 2 aliphatic rings. The number of halogens is 2. The van der Waals surface area contributed by atoms with Gasteiger partial charge in [-0.3, -0.25) is 9.80 Å². The summed E-state index contributed by atoms with van der Waals surface area (Å²) >= 11 is 12.0. The van der Waals surface area contributed by atoms with E-state index in [4.69, 9.17) is 23.2 Å². The number of benzene rings is 2. The molecule has 0 atom stereocenters. The number of hydrogen-bond acceptors (Lipinski definition) is 6. The van der Waals surface area contributed by atoms with Gasteiger partial charge < -0.3 is 9.80 Å². The summed E-state index contributed by atoms with van der Waals surface area (Å²) in [7, 11) is 4.06. The second-order valence-corrected chi connectivity index (χ2v) is 11.8. The molecule has 2 aromatic carbocycles. The van der Waals surface area contributed by atoms with Crippen LogP contribution in [0, 0.1) is 0 Å². The number of piperazine rings is 2. The third-order valence-electron chi connectivity index (χ3n) is 6.19. The van der Waals surface area contributed by atoms with Crippen LogP contribution in [-0.2, 0) is 0 Å². The van der Waals surface area contributed by atoms with Gasteiger partial charge in [0.2, 0.25) is 0 Å². The first-order chi connectivity index (χ1) is 15.7. The van der Waals surface area contributed by atoms with Gasteiger partial charge in [-0.1, -0.05) is 44.8 Å². The molecule has 0 radical (unpaired) electrons. The SMILES string of the molecule is Clc1ccc(N2CCN(CCSSCCN3CCN(c4ccc(Cl)cc4)CC3)CC2)cc1. The predicted molar refractivity (Wildman–Crippen MR) is 145 cm³/mol. The monoisotopic (exact) mass is 510 g/mol. The van der Waals surface area contributed by atoms with E-state index in [-0.39, 0.29) is 0 Å². The first-order valence-corrected chi connectivity index (χ1v) is 14.6. The summed E-state index contributed by atoms with van der Waals surface area (Å²) in [5.41, 5.74) is 2.57. The Morgan fingerprint density at radius 2 is 0.875 bits per heavy atom. The van der Waals surface area contributed by atoms with Crippen molar-refractivity contribution in [2.45, 2.75) is 0 Å². The van der Waals surface area contributed by atoms with Crippen LogP contribution in [0.4, 0.5) is 11.4 Å². The van der Waals surface area contributed by atoms with Crippen molar-refractivity contribution >= 4 is 56.2 Å². The molecule has 0 saturated carbocycles. The maximum absolute atomic E-state index is 6.01. The minimum atomic E-state index is 0.808. The Morgan fingerprint density at radius 1 is 0.531 bits per heavy atom. The van der Waals surface area contributed by atoms with E-state index in [0.717, 1.165) is 62.4 Å². The third-order valence-corrected chi connectivity index (χ3v) is 9.06. The van der Waals surface area contributed by atoms with Crippen LogP contribution in [0.25, 0.3) is 0 Å². The minimum absolute atomic E-state index is 0.808. The van der Waals surface area contributed by atoms with E-state index in [1.54, 1.807) is 0 Å². The highest BCUT2D eigenvalue weighted by molar-refractivity contribution is 8.76. The molecule has 0 aliphatic carbocycles. The van der Waals surface area contributed by atoms with Crippen LogP contribution in [0.2, 0.25) is 10.0 Å². The quantitative estimate of drug-likeness (QED) is 0.332. The summed E-state index contributed by atoms with van der Waals surface area (Å²) in [6, 6.07) is 16.4. The summed E-state index contributed by atoms with van der Waals surface area (Å²) < 4.78 is 0. The minimum Gasteiger partial charge on any atom is -0.369 e. The topological polar surface area (TPSA) is 13.0 Å². The zero-order chi connectivity index (χ0) is 22.2. The third kappa shape index (κ3) is 7.37. The molecule has 4 rings (SSSR count). The van der Waals surface area contributed by atoms with Crippen LogP contribution in [0.1, 0.15) is 0 Å². The van der Waals surface area contributed by atoms with Crippen LogP contribution < -0.4 is 9.80 Å². The molecule has 0 amide bonds. The molecule has 174 valence electrons. The van der Waals surface area contributed by atoms with Crippen LogP contribution in [-0.4, -0.2) is 86.8 Å². The zero-order valence-corrected chi connectivity index (χ0v) is 21.6. The van der Waals surface area contributed by atoms with Gasteiger partial charge >= 0.3 is 0 Å². The van der Waals surface area contributed by atoms with E-state index < -0.39 is 0 Å². The Balaban J connectivity index is 1.03. The first-order valence-electron chi connectivity index (χ1n) is 11.4. The van der Waals surface area contributed by atoms with E-state index in [0.29, 0.717) is 0 Å². The first kappa shape index (κ1) is 24.4. The Kier molecular flexibility index (Phi) is 9.62. The van der Waals surface area contributed by atoms with Crippen LogP contribution in [0.3, 0.4) is 0 Å². The second-order valence-electron chi connectivity index (χ2n) is 8.25. The van der Waals surface area contributed by atoms with Gasteiger partial charge in [0.25, 0.3) is 0 Å². The van der Waals surface area contributed by atoms with Gasteiger partial charge in [0.05, 0.1) is 0 Å². The molecular formula is C24H32Cl2N4S2.